The summed E-state index contributed by atoms with van der Waals surface area (Å²) in [6.07, 6.45) is 3.93. The topological polar surface area (TPSA) is 15.3 Å². The molecule has 1 aromatic carbocycles. The van der Waals surface area contributed by atoms with Crippen LogP contribution in [0.5, 0.6) is 0 Å². The molecule has 0 bridgehead atoms. The molecule has 2 nitrogen and oxygen atoms in total. The zero-order chi connectivity index (χ0) is 13.2. The number of nitrogens with one attached hydrogen (secondary N) is 1. The van der Waals surface area contributed by atoms with E-state index in [-0.39, 0.29) is 0 Å². The summed E-state index contributed by atoms with van der Waals surface area (Å²) in [6, 6.07) is 7.81. The molecule has 1 aromatic rings. The van der Waals surface area contributed by atoms with Crippen LogP contribution in [0.4, 0.5) is 0 Å². The molecule has 1 aliphatic heterocycles. The molecule has 19 heavy (non-hydrogen) atoms. The van der Waals surface area contributed by atoms with Crippen molar-refractivity contribution in [2.45, 2.75) is 45.7 Å². The zero-order valence-electron chi connectivity index (χ0n) is 12.3. The molecule has 1 unspecified atom stereocenters. The van der Waals surface area contributed by atoms with Gasteiger partial charge < -0.3 is 5.32 Å². The summed E-state index contributed by atoms with van der Waals surface area (Å²) in [5, 5.41) is 3.63. The van der Waals surface area contributed by atoms with Crippen LogP contribution in [-0.2, 0) is 19.4 Å². The van der Waals surface area contributed by atoms with E-state index in [4.69, 9.17) is 0 Å². The van der Waals surface area contributed by atoms with Gasteiger partial charge in [-0.2, -0.15) is 0 Å². The molecule has 0 aromatic heterocycles. The van der Waals surface area contributed by atoms with Gasteiger partial charge in [0.25, 0.3) is 0 Å². The Bertz CT molecular complexity index is 439. The van der Waals surface area contributed by atoms with E-state index < -0.39 is 0 Å². The van der Waals surface area contributed by atoms with Gasteiger partial charge >= 0.3 is 0 Å². The van der Waals surface area contributed by atoms with Gasteiger partial charge in [-0.3, -0.25) is 4.90 Å². The van der Waals surface area contributed by atoms with E-state index in [0.29, 0.717) is 6.04 Å². The first-order valence-electron chi connectivity index (χ1n) is 7.79. The second-order valence-corrected chi connectivity index (χ2v) is 6.50. The number of hydrogen-bond donors (Lipinski definition) is 1. The highest BCUT2D eigenvalue weighted by atomic mass is 15.2. The molecule has 0 amide bonds. The lowest BCUT2D eigenvalue weighted by atomic mass is 10.0. The highest BCUT2D eigenvalue weighted by Gasteiger charge is 2.22. The summed E-state index contributed by atoms with van der Waals surface area (Å²) in [7, 11) is 0. The van der Waals surface area contributed by atoms with Gasteiger partial charge in [-0.15, -0.1) is 0 Å². The average Bonchev–Trinajstić information content (AvgIpc) is 2.86. The third-order valence-electron chi connectivity index (χ3n) is 4.66. The first kappa shape index (κ1) is 13.1. The van der Waals surface area contributed by atoms with Gasteiger partial charge in [-0.25, -0.2) is 0 Å². The van der Waals surface area contributed by atoms with Crippen LogP contribution < -0.4 is 5.32 Å². The van der Waals surface area contributed by atoms with Crippen molar-refractivity contribution in [2.24, 2.45) is 5.92 Å². The lowest BCUT2D eigenvalue weighted by Gasteiger charge is -2.35. The molecule has 1 atom stereocenters. The first-order chi connectivity index (χ1) is 9.22. The molecule has 3 rings (SSSR count). The predicted molar refractivity (Wildman–Crippen MR) is 80.4 cm³/mol. The largest absolute Gasteiger partial charge is 0.311 e. The Morgan fingerprint density at radius 2 is 2.11 bits per heavy atom. The minimum Gasteiger partial charge on any atom is -0.311 e. The van der Waals surface area contributed by atoms with Crippen molar-refractivity contribution in [1.29, 1.82) is 0 Å². The number of piperazine rings is 1. The maximum atomic E-state index is 3.63. The standard InChI is InChI=1S/C17H26N2/c1-13(2)17-12-19(9-8-18-17)11-14-6-7-15-4-3-5-16(15)10-14/h6-7,10,13,17-18H,3-5,8-9,11-12H2,1-2H3. The van der Waals surface area contributed by atoms with Gasteiger partial charge in [0.1, 0.15) is 0 Å². The quantitative estimate of drug-likeness (QED) is 0.896. The van der Waals surface area contributed by atoms with Crippen LogP contribution in [0.1, 0.15) is 37.0 Å². The molecule has 0 saturated carbocycles. The summed E-state index contributed by atoms with van der Waals surface area (Å²) >= 11 is 0. The molecular weight excluding hydrogens is 232 g/mol. The van der Waals surface area contributed by atoms with E-state index in [1.165, 1.54) is 37.9 Å². The van der Waals surface area contributed by atoms with E-state index in [9.17, 15) is 0 Å². The van der Waals surface area contributed by atoms with E-state index in [0.717, 1.165) is 19.0 Å². The Labute approximate surface area is 117 Å². The van der Waals surface area contributed by atoms with Crippen molar-refractivity contribution in [3.8, 4) is 0 Å². The maximum Gasteiger partial charge on any atom is 0.0235 e. The molecule has 2 heteroatoms. The Morgan fingerprint density at radius 1 is 1.26 bits per heavy atom. The lowest BCUT2D eigenvalue weighted by Crippen LogP contribution is -2.52. The minimum atomic E-state index is 0.656. The fraction of sp³-hybridized carbons (Fsp3) is 0.647. The van der Waals surface area contributed by atoms with Gasteiger partial charge in [0, 0.05) is 32.2 Å². The van der Waals surface area contributed by atoms with E-state index in [1.54, 1.807) is 11.1 Å². The number of benzene rings is 1. The van der Waals surface area contributed by atoms with Gasteiger partial charge in [0.2, 0.25) is 0 Å². The summed E-state index contributed by atoms with van der Waals surface area (Å²) in [6.45, 7) is 9.26. The van der Waals surface area contributed by atoms with Gasteiger partial charge in [0.15, 0.2) is 0 Å². The van der Waals surface area contributed by atoms with E-state index >= 15 is 0 Å². The van der Waals surface area contributed by atoms with Crippen LogP contribution in [0.15, 0.2) is 18.2 Å². The number of fused-ring (bicyclic) bond motifs is 1. The molecule has 1 aliphatic carbocycles. The smallest absolute Gasteiger partial charge is 0.0235 e. The lowest BCUT2D eigenvalue weighted by molar-refractivity contribution is 0.168. The number of rotatable bonds is 3. The fourth-order valence-electron chi connectivity index (χ4n) is 3.41. The van der Waals surface area contributed by atoms with E-state index in [1.807, 2.05) is 0 Å². The highest BCUT2D eigenvalue weighted by Crippen LogP contribution is 2.23. The van der Waals surface area contributed by atoms with Crippen molar-refractivity contribution >= 4 is 0 Å². The Kier molecular flexibility index (Phi) is 3.90. The van der Waals surface area contributed by atoms with Crippen LogP contribution in [0.2, 0.25) is 0 Å². The molecule has 1 N–H and O–H groups in total. The third-order valence-corrected chi connectivity index (χ3v) is 4.66. The van der Waals surface area contributed by atoms with Crippen LogP contribution in [0.25, 0.3) is 0 Å². The number of nitrogens with zero attached hydrogens (tertiary/aromatic N) is 1. The van der Waals surface area contributed by atoms with Crippen LogP contribution in [0, 0.1) is 5.92 Å². The molecule has 0 radical (unpaired) electrons. The predicted octanol–water partition coefficient (Wildman–Crippen LogP) is 2.61. The minimum absolute atomic E-state index is 0.656. The second-order valence-electron chi connectivity index (χ2n) is 6.50. The number of hydrogen-bond acceptors (Lipinski definition) is 2. The van der Waals surface area contributed by atoms with Crippen LogP contribution in [0.3, 0.4) is 0 Å². The SMILES string of the molecule is CC(C)C1CN(Cc2ccc3c(c2)CCC3)CCN1. The Hall–Kier alpha value is -0.860. The van der Waals surface area contributed by atoms with Gasteiger partial charge in [0.05, 0.1) is 0 Å². The van der Waals surface area contributed by atoms with Crippen molar-refractivity contribution in [3.63, 3.8) is 0 Å². The maximum absolute atomic E-state index is 3.63. The summed E-state index contributed by atoms with van der Waals surface area (Å²) in [5.74, 6) is 0.725. The molecule has 2 aliphatic rings. The molecule has 0 spiro atoms. The summed E-state index contributed by atoms with van der Waals surface area (Å²) in [4.78, 5) is 2.61. The van der Waals surface area contributed by atoms with E-state index in [2.05, 4.69) is 42.3 Å². The monoisotopic (exact) mass is 258 g/mol. The summed E-state index contributed by atoms with van der Waals surface area (Å²) in [5.41, 5.74) is 4.70. The number of aryl methyl sites for hydroxylation is 2. The fourth-order valence-corrected chi connectivity index (χ4v) is 3.41. The van der Waals surface area contributed by atoms with Crippen LogP contribution in [-0.4, -0.2) is 30.6 Å². The Balaban J connectivity index is 1.64. The molecule has 1 saturated heterocycles. The molecule has 1 heterocycles. The second kappa shape index (κ2) is 5.64. The normalized spacial score (nSPS) is 23.8. The van der Waals surface area contributed by atoms with Crippen molar-refractivity contribution in [1.82, 2.24) is 10.2 Å². The van der Waals surface area contributed by atoms with Gasteiger partial charge in [-0.1, -0.05) is 32.0 Å². The van der Waals surface area contributed by atoms with Crippen molar-refractivity contribution < 1.29 is 0 Å². The third kappa shape index (κ3) is 3.01. The van der Waals surface area contributed by atoms with Crippen LogP contribution >= 0.6 is 0 Å². The van der Waals surface area contributed by atoms with Crippen molar-refractivity contribution in [3.05, 3.63) is 34.9 Å². The Morgan fingerprint density at radius 3 is 2.95 bits per heavy atom. The zero-order valence-corrected chi connectivity index (χ0v) is 12.3. The molecule has 104 valence electrons. The van der Waals surface area contributed by atoms with Crippen molar-refractivity contribution in [2.75, 3.05) is 19.6 Å². The molecular formula is C17H26N2. The first-order valence-corrected chi connectivity index (χ1v) is 7.79. The summed E-state index contributed by atoms with van der Waals surface area (Å²) < 4.78 is 0. The molecule has 1 fully saturated rings. The average molecular weight is 258 g/mol. The van der Waals surface area contributed by atoms with Gasteiger partial charge in [-0.05, 0) is 41.9 Å². The highest BCUT2D eigenvalue weighted by molar-refractivity contribution is 5.35.